The number of furan rings is 1. The van der Waals surface area contributed by atoms with E-state index in [4.69, 9.17) is 20.8 Å². The highest BCUT2D eigenvalue weighted by atomic mass is 35.5. The van der Waals surface area contributed by atoms with Crippen molar-refractivity contribution in [2.24, 2.45) is 0 Å². The van der Waals surface area contributed by atoms with Crippen LogP contribution in [0.4, 0.5) is 0 Å². The van der Waals surface area contributed by atoms with Crippen LogP contribution in [0.15, 0.2) is 16.5 Å². The summed E-state index contributed by atoms with van der Waals surface area (Å²) in [4.78, 5) is 0. The van der Waals surface area contributed by atoms with Crippen LogP contribution in [0.25, 0.3) is 0 Å². The average Bonchev–Trinajstić information content (AvgIpc) is 2.89. The third-order valence-electron chi connectivity index (χ3n) is 2.95. The molecule has 2 heterocycles. The van der Waals surface area contributed by atoms with E-state index in [0.29, 0.717) is 23.5 Å². The van der Waals surface area contributed by atoms with E-state index >= 15 is 0 Å². The van der Waals surface area contributed by atoms with Crippen LogP contribution < -0.4 is 0 Å². The molecule has 2 unspecified atom stereocenters. The predicted octanol–water partition coefficient (Wildman–Crippen LogP) is 3.32. The molecule has 0 spiro atoms. The quantitative estimate of drug-likeness (QED) is 0.864. The first-order valence-electron chi connectivity index (χ1n) is 5.80. The van der Waals surface area contributed by atoms with Gasteiger partial charge in [0.2, 0.25) is 0 Å². The Balaban J connectivity index is 1.69. The largest absolute Gasteiger partial charge is 0.447 e. The Morgan fingerprint density at radius 3 is 3.00 bits per heavy atom. The third kappa shape index (κ3) is 3.24. The van der Waals surface area contributed by atoms with Gasteiger partial charge in [-0.3, -0.25) is 0 Å². The molecular weight excluding hydrogens is 228 g/mol. The van der Waals surface area contributed by atoms with E-state index in [1.165, 1.54) is 6.42 Å². The minimum Gasteiger partial charge on any atom is -0.447 e. The van der Waals surface area contributed by atoms with Gasteiger partial charge in [-0.1, -0.05) is 0 Å². The molecule has 90 valence electrons. The molecule has 0 radical (unpaired) electrons. The molecule has 0 amide bonds. The highest BCUT2D eigenvalue weighted by Gasteiger charge is 2.17. The maximum atomic E-state index is 9.81. The molecule has 0 bridgehead atoms. The molecule has 16 heavy (non-hydrogen) atoms. The second-order valence-electron chi connectivity index (χ2n) is 4.22. The smallest absolute Gasteiger partial charge is 0.193 e. The Hall–Kier alpha value is -0.510. The summed E-state index contributed by atoms with van der Waals surface area (Å²) in [6.45, 7) is 0.890. The number of ether oxygens (including phenoxy) is 1. The Morgan fingerprint density at radius 1 is 1.50 bits per heavy atom. The van der Waals surface area contributed by atoms with Crippen LogP contribution in [-0.4, -0.2) is 17.8 Å². The zero-order valence-electron chi connectivity index (χ0n) is 9.19. The summed E-state index contributed by atoms with van der Waals surface area (Å²) in [5, 5.41) is 10.1. The van der Waals surface area contributed by atoms with E-state index in [1.807, 2.05) is 0 Å². The van der Waals surface area contributed by atoms with Crippen molar-refractivity contribution in [1.29, 1.82) is 0 Å². The van der Waals surface area contributed by atoms with Crippen molar-refractivity contribution in [2.45, 2.75) is 44.3 Å². The van der Waals surface area contributed by atoms with Crippen LogP contribution in [0, 0.1) is 0 Å². The normalized spacial score (nSPS) is 22.5. The first-order valence-corrected chi connectivity index (χ1v) is 6.18. The van der Waals surface area contributed by atoms with Crippen molar-refractivity contribution in [3.8, 4) is 0 Å². The zero-order chi connectivity index (χ0) is 11.4. The Labute approximate surface area is 100 Å². The predicted molar refractivity (Wildman–Crippen MR) is 61.5 cm³/mol. The van der Waals surface area contributed by atoms with Crippen molar-refractivity contribution in [1.82, 2.24) is 0 Å². The van der Waals surface area contributed by atoms with Crippen molar-refractivity contribution in [2.75, 3.05) is 6.61 Å². The second kappa shape index (κ2) is 5.71. The lowest BCUT2D eigenvalue weighted by molar-refractivity contribution is 0.0908. The van der Waals surface area contributed by atoms with Gasteiger partial charge in [-0.05, 0) is 55.8 Å². The van der Waals surface area contributed by atoms with E-state index in [-0.39, 0.29) is 0 Å². The summed E-state index contributed by atoms with van der Waals surface area (Å²) in [7, 11) is 0. The van der Waals surface area contributed by atoms with Gasteiger partial charge < -0.3 is 14.3 Å². The summed E-state index contributed by atoms with van der Waals surface area (Å²) >= 11 is 5.64. The highest BCUT2D eigenvalue weighted by molar-refractivity contribution is 6.28. The number of hydrogen-bond donors (Lipinski definition) is 1. The molecule has 0 aromatic carbocycles. The van der Waals surface area contributed by atoms with E-state index in [0.717, 1.165) is 25.9 Å². The highest BCUT2D eigenvalue weighted by Crippen LogP contribution is 2.25. The van der Waals surface area contributed by atoms with Gasteiger partial charge in [-0.15, -0.1) is 0 Å². The topological polar surface area (TPSA) is 42.6 Å². The lowest BCUT2D eigenvalue weighted by atomic mass is 10.1. The van der Waals surface area contributed by atoms with Crippen LogP contribution in [0.5, 0.6) is 0 Å². The zero-order valence-corrected chi connectivity index (χ0v) is 9.95. The monoisotopic (exact) mass is 244 g/mol. The fourth-order valence-electron chi connectivity index (χ4n) is 2.06. The molecule has 1 aromatic heterocycles. The minimum absolute atomic E-state index is 0.327. The van der Waals surface area contributed by atoms with Gasteiger partial charge in [-0.2, -0.15) is 0 Å². The van der Waals surface area contributed by atoms with Crippen molar-refractivity contribution >= 4 is 11.6 Å². The van der Waals surface area contributed by atoms with Crippen LogP contribution in [0.3, 0.4) is 0 Å². The molecule has 0 saturated carbocycles. The maximum absolute atomic E-state index is 9.81. The summed E-state index contributed by atoms with van der Waals surface area (Å²) in [5.41, 5.74) is 0. The van der Waals surface area contributed by atoms with Crippen LogP contribution >= 0.6 is 11.6 Å². The van der Waals surface area contributed by atoms with E-state index in [9.17, 15) is 5.11 Å². The van der Waals surface area contributed by atoms with Gasteiger partial charge in [-0.25, -0.2) is 0 Å². The number of aliphatic hydroxyl groups is 1. The molecule has 2 atom stereocenters. The minimum atomic E-state index is -0.547. The van der Waals surface area contributed by atoms with E-state index in [1.54, 1.807) is 12.1 Å². The molecule has 1 aliphatic rings. The standard InChI is InChI=1S/C12H17ClO3/c13-12-7-6-11(16-12)10(14)5-1-3-9-4-2-8-15-9/h6-7,9-10,14H,1-5,8H2. The molecular formula is C12H17ClO3. The van der Waals surface area contributed by atoms with Crippen LogP contribution in [0.2, 0.25) is 5.22 Å². The van der Waals surface area contributed by atoms with Gasteiger partial charge in [0.15, 0.2) is 5.22 Å². The van der Waals surface area contributed by atoms with Gasteiger partial charge in [0, 0.05) is 6.61 Å². The fourth-order valence-corrected chi connectivity index (χ4v) is 2.21. The van der Waals surface area contributed by atoms with Gasteiger partial charge in [0.1, 0.15) is 11.9 Å². The second-order valence-corrected chi connectivity index (χ2v) is 4.60. The SMILES string of the molecule is OC(CCCC1CCCO1)c1ccc(Cl)o1. The first-order chi connectivity index (χ1) is 7.75. The van der Waals surface area contributed by atoms with Crippen molar-refractivity contribution in [3.63, 3.8) is 0 Å². The fraction of sp³-hybridized carbons (Fsp3) is 0.667. The maximum Gasteiger partial charge on any atom is 0.193 e. The number of aliphatic hydroxyl groups excluding tert-OH is 1. The van der Waals surface area contributed by atoms with Gasteiger partial charge in [0.25, 0.3) is 0 Å². The summed E-state index contributed by atoms with van der Waals surface area (Å²) < 4.78 is 10.7. The van der Waals surface area contributed by atoms with Crippen molar-refractivity contribution < 1.29 is 14.3 Å². The Morgan fingerprint density at radius 2 is 2.38 bits per heavy atom. The van der Waals surface area contributed by atoms with E-state index < -0.39 is 6.10 Å². The van der Waals surface area contributed by atoms with Gasteiger partial charge >= 0.3 is 0 Å². The summed E-state index contributed by atoms with van der Waals surface area (Å²) in [6.07, 6.45) is 4.84. The number of rotatable bonds is 5. The molecule has 0 aliphatic carbocycles. The van der Waals surface area contributed by atoms with E-state index in [2.05, 4.69) is 0 Å². The average molecular weight is 245 g/mol. The molecule has 1 aliphatic heterocycles. The molecule has 1 aromatic rings. The van der Waals surface area contributed by atoms with Gasteiger partial charge in [0.05, 0.1) is 6.10 Å². The van der Waals surface area contributed by atoms with Crippen LogP contribution in [0.1, 0.15) is 44.0 Å². The molecule has 3 nitrogen and oxygen atoms in total. The van der Waals surface area contributed by atoms with Crippen LogP contribution in [-0.2, 0) is 4.74 Å². The summed E-state index contributed by atoms with van der Waals surface area (Å²) in [5.74, 6) is 0.553. The van der Waals surface area contributed by atoms with Crippen molar-refractivity contribution in [3.05, 3.63) is 23.1 Å². The molecule has 1 fully saturated rings. The Bertz CT molecular complexity index is 318. The summed E-state index contributed by atoms with van der Waals surface area (Å²) in [6, 6.07) is 3.37. The number of halogens is 1. The molecule has 1 N–H and O–H groups in total. The number of hydrogen-bond acceptors (Lipinski definition) is 3. The Kier molecular flexibility index (Phi) is 4.27. The third-order valence-corrected chi connectivity index (χ3v) is 3.15. The first kappa shape index (κ1) is 12.0. The lowest BCUT2D eigenvalue weighted by Gasteiger charge is -2.11. The molecule has 2 rings (SSSR count). The lowest BCUT2D eigenvalue weighted by Crippen LogP contribution is -2.05. The molecule has 1 saturated heterocycles. The molecule has 4 heteroatoms.